The van der Waals surface area contributed by atoms with E-state index in [-0.39, 0.29) is 24.1 Å². The van der Waals surface area contributed by atoms with Gasteiger partial charge in [0.1, 0.15) is 5.60 Å². The number of rotatable bonds is 3. The lowest BCUT2D eigenvalue weighted by Gasteiger charge is -2.44. The van der Waals surface area contributed by atoms with Crippen LogP contribution in [0.4, 0.5) is 4.79 Å². The second-order valence-electron chi connectivity index (χ2n) is 8.93. The summed E-state index contributed by atoms with van der Waals surface area (Å²) >= 11 is 0. The number of piperidine rings is 2. The minimum Gasteiger partial charge on any atom is -0.444 e. The highest BCUT2D eigenvalue weighted by Crippen LogP contribution is 2.27. The highest BCUT2D eigenvalue weighted by molar-refractivity contribution is 5.85. The molecule has 0 spiro atoms. The van der Waals surface area contributed by atoms with E-state index in [1.165, 1.54) is 0 Å². The molecule has 0 aromatic carbocycles. The zero-order valence-electron chi connectivity index (χ0n) is 16.9. The molecule has 0 radical (unpaired) electrons. The molecular formula is C19H35N3O4. The molecule has 2 amide bonds. The molecule has 2 fully saturated rings. The summed E-state index contributed by atoms with van der Waals surface area (Å²) in [5, 5.41) is 13.7. The van der Waals surface area contributed by atoms with Crippen molar-refractivity contribution in [2.75, 3.05) is 26.2 Å². The van der Waals surface area contributed by atoms with Gasteiger partial charge in [0, 0.05) is 31.7 Å². The molecule has 0 aromatic rings. The van der Waals surface area contributed by atoms with Crippen molar-refractivity contribution in [3.05, 3.63) is 0 Å². The number of ether oxygens (including phenoxy) is 1. The number of carbonyl (C=O) groups is 2. The predicted octanol–water partition coefficient (Wildman–Crippen LogP) is 1.74. The Labute approximate surface area is 157 Å². The monoisotopic (exact) mass is 369 g/mol. The fourth-order valence-electron chi connectivity index (χ4n) is 3.70. The van der Waals surface area contributed by atoms with Crippen LogP contribution in [0, 0.1) is 0 Å². The minimum absolute atomic E-state index is 0.0129. The number of nitrogens with zero attached hydrogens (tertiary/aromatic N) is 2. The predicted molar refractivity (Wildman–Crippen MR) is 99.9 cm³/mol. The first-order valence-electron chi connectivity index (χ1n) is 9.75. The van der Waals surface area contributed by atoms with E-state index >= 15 is 0 Å². The van der Waals surface area contributed by atoms with Crippen LogP contribution in [0.15, 0.2) is 0 Å². The topological polar surface area (TPSA) is 82.1 Å². The Balaban J connectivity index is 1.89. The maximum atomic E-state index is 12.4. The van der Waals surface area contributed by atoms with E-state index in [9.17, 15) is 14.7 Å². The van der Waals surface area contributed by atoms with E-state index in [1.807, 2.05) is 34.6 Å². The average Bonchev–Trinajstić information content (AvgIpc) is 2.53. The van der Waals surface area contributed by atoms with E-state index in [1.54, 1.807) is 4.90 Å². The molecule has 1 unspecified atom stereocenters. The quantitative estimate of drug-likeness (QED) is 0.792. The van der Waals surface area contributed by atoms with Crippen molar-refractivity contribution in [3.8, 4) is 0 Å². The minimum atomic E-state index is -1.31. The average molecular weight is 370 g/mol. The summed E-state index contributed by atoms with van der Waals surface area (Å²) in [4.78, 5) is 28.5. The van der Waals surface area contributed by atoms with Gasteiger partial charge in [0.25, 0.3) is 5.91 Å². The first-order valence-corrected chi connectivity index (χ1v) is 9.75. The van der Waals surface area contributed by atoms with E-state index in [2.05, 4.69) is 10.2 Å². The van der Waals surface area contributed by atoms with E-state index in [0.29, 0.717) is 26.1 Å². The smallest absolute Gasteiger partial charge is 0.410 e. The van der Waals surface area contributed by atoms with Gasteiger partial charge in [0.15, 0.2) is 5.60 Å². The van der Waals surface area contributed by atoms with Gasteiger partial charge in [-0.15, -0.1) is 0 Å². The van der Waals surface area contributed by atoms with E-state index < -0.39 is 11.2 Å². The molecule has 7 nitrogen and oxygen atoms in total. The Morgan fingerprint density at radius 2 is 1.81 bits per heavy atom. The standard InChI is InChI=1S/C19H35N3O4/c1-14(2)20-16(23)19(25)9-6-10-22(13-19)15-7-11-21(12-8-15)17(24)26-18(3,4)5/h14-15,25H,6-13H2,1-5H3,(H,20,23). The summed E-state index contributed by atoms with van der Waals surface area (Å²) in [6.07, 6.45) is 2.71. The molecule has 7 heteroatoms. The lowest BCUT2D eigenvalue weighted by molar-refractivity contribution is -0.147. The van der Waals surface area contributed by atoms with Gasteiger partial charge in [-0.25, -0.2) is 4.79 Å². The van der Waals surface area contributed by atoms with Crippen LogP contribution in [0.5, 0.6) is 0 Å². The van der Waals surface area contributed by atoms with Crippen LogP contribution in [-0.2, 0) is 9.53 Å². The zero-order chi connectivity index (χ0) is 19.5. The molecule has 2 rings (SSSR count). The SMILES string of the molecule is CC(C)NC(=O)C1(O)CCCN(C2CCN(C(=O)OC(C)(C)C)CC2)C1. The molecule has 150 valence electrons. The summed E-state index contributed by atoms with van der Waals surface area (Å²) in [7, 11) is 0. The number of hydrogen-bond acceptors (Lipinski definition) is 5. The first kappa shape index (κ1) is 21.0. The number of amides is 2. The van der Waals surface area contributed by atoms with Gasteiger partial charge in [0.05, 0.1) is 0 Å². The van der Waals surface area contributed by atoms with Crippen LogP contribution >= 0.6 is 0 Å². The summed E-state index contributed by atoms with van der Waals surface area (Å²) in [6.45, 7) is 11.9. The normalized spacial score (nSPS) is 26.0. The molecule has 2 aliphatic heterocycles. The number of carbonyl (C=O) groups excluding carboxylic acids is 2. The Hall–Kier alpha value is -1.34. The molecular weight excluding hydrogens is 334 g/mol. The fourth-order valence-corrected chi connectivity index (χ4v) is 3.70. The first-order chi connectivity index (χ1) is 12.0. The van der Waals surface area contributed by atoms with Crippen molar-refractivity contribution in [3.63, 3.8) is 0 Å². The van der Waals surface area contributed by atoms with Crippen LogP contribution in [-0.4, -0.2) is 76.4 Å². The van der Waals surface area contributed by atoms with Crippen molar-refractivity contribution in [2.45, 2.75) is 83.6 Å². The largest absolute Gasteiger partial charge is 0.444 e. The van der Waals surface area contributed by atoms with Crippen molar-refractivity contribution in [1.29, 1.82) is 0 Å². The van der Waals surface area contributed by atoms with Gasteiger partial charge in [0.2, 0.25) is 0 Å². The van der Waals surface area contributed by atoms with Gasteiger partial charge in [-0.2, -0.15) is 0 Å². The zero-order valence-corrected chi connectivity index (χ0v) is 16.9. The summed E-state index contributed by atoms with van der Waals surface area (Å²) < 4.78 is 5.44. The second-order valence-corrected chi connectivity index (χ2v) is 8.93. The van der Waals surface area contributed by atoms with Crippen molar-refractivity contribution in [2.24, 2.45) is 0 Å². The van der Waals surface area contributed by atoms with Gasteiger partial charge in [-0.3, -0.25) is 9.69 Å². The van der Waals surface area contributed by atoms with Crippen molar-refractivity contribution in [1.82, 2.24) is 15.1 Å². The molecule has 0 bridgehead atoms. The van der Waals surface area contributed by atoms with Crippen LogP contribution in [0.1, 0.15) is 60.3 Å². The molecule has 0 aliphatic carbocycles. The van der Waals surface area contributed by atoms with Crippen LogP contribution in [0.2, 0.25) is 0 Å². The molecule has 2 N–H and O–H groups in total. The molecule has 0 saturated carbocycles. The van der Waals surface area contributed by atoms with Gasteiger partial charge in [-0.05, 0) is 66.8 Å². The lowest BCUT2D eigenvalue weighted by Crippen LogP contribution is -2.60. The molecule has 26 heavy (non-hydrogen) atoms. The third-order valence-corrected chi connectivity index (χ3v) is 4.98. The molecule has 0 aromatic heterocycles. The van der Waals surface area contributed by atoms with Crippen LogP contribution in [0.3, 0.4) is 0 Å². The molecule has 2 aliphatic rings. The number of β-amino-alcohol motifs (C(OH)–C–C–N with tert-alkyl or cyclic N) is 1. The van der Waals surface area contributed by atoms with Crippen molar-refractivity contribution >= 4 is 12.0 Å². The Morgan fingerprint density at radius 3 is 2.35 bits per heavy atom. The molecule has 1 atom stereocenters. The number of likely N-dealkylation sites (tertiary alicyclic amines) is 2. The Morgan fingerprint density at radius 1 is 1.19 bits per heavy atom. The lowest BCUT2D eigenvalue weighted by atomic mass is 9.89. The second kappa shape index (κ2) is 8.13. The Bertz CT molecular complexity index is 509. The number of hydrogen-bond donors (Lipinski definition) is 2. The maximum absolute atomic E-state index is 12.4. The summed E-state index contributed by atoms with van der Waals surface area (Å²) in [5.74, 6) is -0.275. The van der Waals surface area contributed by atoms with Crippen LogP contribution in [0.25, 0.3) is 0 Å². The fraction of sp³-hybridized carbons (Fsp3) is 0.895. The maximum Gasteiger partial charge on any atom is 0.410 e. The highest BCUT2D eigenvalue weighted by Gasteiger charge is 2.42. The van der Waals surface area contributed by atoms with Gasteiger partial charge < -0.3 is 20.1 Å². The third-order valence-electron chi connectivity index (χ3n) is 4.98. The highest BCUT2D eigenvalue weighted by atomic mass is 16.6. The van der Waals surface area contributed by atoms with Gasteiger partial charge >= 0.3 is 6.09 Å². The summed E-state index contributed by atoms with van der Waals surface area (Å²) in [6, 6.07) is 0.298. The van der Waals surface area contributed by atoms with Crippen LogP contribution < -0.4 is 5.32 Å². The van der Waals surface area contributed by atoms with E-state index in [0.717, 1.165) is 25.8 Å². The van der Waals surface area contributed by atoms with Gasteiger partial charge in [-0.1, -0.05) is 0 Å². The number of aliphatic hydroxyl groups is 1. The third kappa shape index (κ3) is 5.58. The summed E-state index contributed by atoms with van der Waals surface area (Å²) in [5.41, 5.74) is -1.80. The molecule has 2 saturated heterocycles. The Kier molecular flexibility index (Phi) is 6.55. The molecule has 2 heterocycles. The number of nitrogens with one attached hydrogen (secondary N) is 1. The van der Waals surface area contributed by atoms with Crippen molar-refractivity contribution < 1.29 is 19.4 Å². The van der Waals surface area contributed by atoms with E-state index in [4.69, 9.17) is 4.74 Å².